The summed E-state index contributed by atoms with van der Waals surface area (Å²) in [4.78, 5) is 0. The van der Waals surface area contributed by atoms with Gasteiger partial charge in [-0.1, -0.05) is 32.4 Å². The molecule has 2 nitrogen and oxygen atoms in total. The van der Waals surface area contributed by atoms with Gasteiger partial charge in [-0.05, 0) is 23.6 Å². The molecule has 14 heavy (non-hydrogen) atoms. The van der Waals surface area contributed by atoms with Crippen LogP contribution < -0.4 is 5.73 Å². The number of rotatable bonds is 5. The van der Waals surface area contributed by atoms with Crippen molar-refractivity contribution >= 4 is 5.69 Å². The number of nitrogens with two attached hydrogens (primary N) is 1. The van der Waals surface area contributed by atoms with Crippen molar-refractivity contribution in [3.63, 3.8) is 0 Å². The Hall–Kier alpha value is -1.02. The lowest BCUT2D eigenvalue weighted by Crippen LogP contribution is -2.04. The fourth-order valence-electron chi connectivity index (χ4n) is 1.11. The van der Waals surface area contributed by atoms with Crippen molar-refractivity contribution in [2.75, 3.05) is 12.3 Å². The highest BCUT2D eigenvalue weighted by atomic mass is 16.5. The molecule has 0 fully saturated rings. The molecule has 1 unspecified atom stereocenters. The second-order valence-corrected chi connectivity index (χ2v) is 3.77. The predicted octanol–water partition coefficient (Wildman–Crippen LogP) is 2.83. The summed E-state index contributed by atoms with van der Waals surface area (Å²) >= 11 is 0. The molecule has 0 saturated heterocycles. The summed E-state index contributed by atoms with van der Waals surface area (Å²) in [5, 5.41) is 0. The van der Waals surface area contributed by atoms with Gasteiger partial charge in [-0.3, -0.25) is 0 Å². The van der Waals surface area contributed by atoms with Crippen molar-refractivity contribution < 1.29 is 4.74 Å². The highest BCUT2D eigenvalue weighted by Gasteiger charge is 1.98. The lowest BCUT2D eigenvalue weighted by molar-refractivity contribution is 0.0910. The van der Waals surface area contributed by atoms with E-state index in [9.17, 15) is 0 Å². The van der Waals surface area contributed by atoms with Crippen LogP contribution in [0.4, 0.5) is 5.69 Å². The minimum atomic E-state index is 0.642. The highest BCUT2D eigenvalue weighted by molar-refractivity contribution is 5.39. The molecule has 0 saturated carbocycles. The average Bonchev–Trinajstić information content (AvgIpc) is 2.21. The van der Waals surface area contributed by atoms with E-state index in [1.54, 1.807) is 0 Å². The van der Waals surface area contributed by atoms with Crippen LogP contribution in [0.5, 0.6) is 0 Å². The van der Waals surface area contributed by atoms with Gasteiger partial charge in [-0.25, -0.2) is 0 Å². The quantitative estimate of drug-likeness (QED) is 0.730. The fourth-order valence-corrected chi connectivity index (χ4v) is 1.11. The Labute approximate surface area is 86.1 Å². The average molecular weight is 193 g/mol. The normalized spacial score (nSPS) is 12.7. The minimum absolute atomic E-state index is 0.642. The van der Waals surface area contributed by atoms with E-state index in [0.717, 1.165) is 12.3 Å². The van der Waals surface area contributed by atoms with E-state index < -0.39 is 0 Å². The number of hydrogen-bond donors (Lipinski definition) is 1. The first-order valence-electron chi connectivity index (χ1n) is 5.14. The van der Waals surface area contributed by atoms with E-state index in [4.69, 9.17) is 10.5 Å². The molecule has 0 aromatic heterocycles. The van der Waals surface area contributed by atoms with Crippen LogP contribution in [0.2, 0.25) is 0 Å². The second-order valence-electron chi connectivity index (χ2n) is 3.77. The molecule has 1 rings (SSSR count). The predicted molar refractivity (Wildman–Crippen MR) is 60.0 cm³/mol. The van der Waals surface area contributed by atoms with Gasteiger partial charge in [0.25, 0.3) is 0 Å². The number of anilines is 1. The number of ether oxygens (including phenoxy) is 1. The topological polar surface area (TPSA) is 35.2 Å². The first-order valence-corrected chi connectivity index (χ1v) is 5.14. The van der Waals surface area contributed by atoms with Gasteiger partial charge in [0, 0.05) is 12.3 Å². The van der Waals surface area contributed by atoms with E-state index in [1.165, 1.54) is 12.0 Å². The summed E-state index contributed by atoms with van der Waals surface area (Å²) in [5.41, 5.74) is 7.57. The third-order valence-corrected chi connectivity index (χ3v) is 2.35. The van der Waals surface area contributed by atoms with Gasteiger partial charge in [0.2, 0.25) is 0 Å². The molecule has 1 aromatic carbocycles. The van der Waals surface area contributed by atoms with Crippen molar-refractivity contribution in [1.82, 2.24) is 0 Å². The van der Waals surface area contributed by atoms with Crippen LogP contribution in [-0.2, 0) is 11.3 Å². The summed E-state index contributed by atoms with van der Waals surface area (Å²) in [5.74, 6) is 0.642. The Bertz CT molecular complexity index is 256. The monoisotopic (exact) mass is 193 g/mol. The SMILES string of the molecule is CCC(C)COCc1ccc(N)cc1. The molecule has 0 aliphatic heterocycles. The maximum Gasteiger partial charge on any atom is 0.0717 e. The van der Waals surface area contributed by atoms with Crippen molar-refractivity contribution in [2.24, 2.45) is 5.92 Å². The largest absolute Gasteiger partial charge is 0.399 e. The first-order chi connectivity index (χ1) is 6.72. The van der Waals surface area contributed by atoms with Crippen molar-refractivity contribution in [2.45, 2.75) is 26.9 Å². The molecular formula is C12H19NO. The van der Waals surface area contributed by atoms with Crippen LogP contribution in [-0.4, -0.2) is 6.61 Å². The van der Waals surface area contributed by atoms with Crippen LogP contribution >= 0.6 is 0 Å². The summed E-state index contributed by atoms with van der Waals surface area (Å²) in [6.07, 6.45) is 1.17. The van der Waals surface area contributed by atoms with E-state index in [1.807, 2.05) is 24.3 Å². The van der Waals surface area contributed by atoms with Gasteiger partial charge >= 0.3 is 0 Å². The van der Waals surface area contributed by atoms with E-state index in [2.05, 4.69) is 13.8 Å². The molecule has 0 aliphatic rings. The van der Waals surface area contributed by atoms with Crippen LogP contribution in [0.1, 0.15) is 25.8 Å². The molecule has 78 valence electrons. The standard InChI is InChI=1S/C12H19NO/c1-3-10(2)8-14-9-11-4-6-12(13)7-5-11/h4-7,10H,3,8-9,13H2,1-2H3. The van der Waals surface area contributed by atoms with Crippen molar-refractivity contribution in [3.8, 4) is 0 Å². The first kappa shape index (κ1) is 11.1. The second kappa shape index (κ2) is 5.66. The fraction of sp³-hybridized carbons (Fsp3) is 0.500. The van der Waals surface area contributed by atoms with Crippen LogP contribution in [0.15, 0.2) is 24.3 Å². The van der Waals surface area contributed by atoms with Gasteiger partial charge in [-0.2, -0.15) is 0 Å². The zero-order valence-electron chi connectivity index (χ0n) is 8.99. The molecule has 0 radical (unpaired) electrons. The van der Waals surface area contributed by atoms with Crippen molar-refractivity contribution in [1.29, 1.82) is 0 Å². The Balaban J connectivity index is 2.28. The zero-order chi connectivity index (χ0) is 10.4. The maximum atomic E-state index is 5.58. The van der Waals surface area contributed by atoms with Gasteiger partial charge in [-0.15, -0.1) is 0 Å². The molecular weight excluding hydrogens is 174 g/mol. The minimum Gasteiger partial charge on any atom is -0.399 e. The molecule has 0 aliphatic carbocycles. The van der Waals surface area contributed by atoms with Crippen LogP contribution in [0, 0.1) is 5.92 Å². The zero-order valence-corrected chi connectivity index (χ0v) is 8.99. The molecule has 2 heteroatoms. The summed E-state index contributed by atoms with van der Waals surface area (Å²) in [6, 6.07) is 7.82. The van der Waals surface area contributed by atoms with Crippen LogP contribution in [0.25, 0.3) is 0 Å². The molecule has 0 amide bonds. The third-order valence-electron chi connectivity index (χ3n) is 2.35. The maximum absolute atomic E-state index is 5.58. The Morgan fingerprint density at radius 1 is 1.29 bits per heavy atom. The molecule has 0 spiro atoms. The summed E-state index contributed by atoms with van der Waals surface area (Å²) < 4.78 is 5.57. The molecule has 0 bridgehead atoms. The van der Waals surface area contributed by atoms with Crippen molar-refractivity contribution in [3.05, 3.63) is 29.8 Å². The summed E-state index contributed by atoms with van der Waals surface area (Å²) in [6.45, 7) is 5.89. The molecule has 1 aromatic rings. The van der Waals surface area contributed by atoms with Gasteiger partial charge in [0.15, 0.2) is 0 Å². The van der Waals surface area contributed by atoms with Crippen LogP contribution in [0.3, 0.4) is 0 Å². The lowest BCUT2D eigenvalue weighted by atomic mass is 10.1. The lowest BCUT2D eigenvalue weighted by Gasteiger charge is -2.09. The molecule has 1 atom stereocenters. The van der Waals surface area contributed by atoms with E-state index in [-0.39, 0.29) is 0 Å². The van der Waals surface area contributed by atoms with E-state index >= 15 is 0 Å². The van der Waals surface area contributed by atoms with Gasteiger partial charge in [0.1, 0.15) is 0 Å². The smallest absolute Gasteiger partial charge is 0.0717 e. The van der Waals surface area contributed by atoms with Gasteiger partial charge in [0.05, 0.1) is 6.61 Å². The Kier molecular flexibility index (Phi) is 4.47. The van der Waals surface area contributed by atoms with Gasteiger partial charge < -0.3 is 10.5 Å². The third kappa shape index (κ3) is 3.79. The number of benzene rings is 1. The number of hydrogen-bond acceptors (Lipinski definition) is 2. The molecule has 0 heterocycles. The van der Waals surface area contributed by atoms with E-state index in [0.29, 0.717) is 12.5 Å². The Morgan fingerprint density at radius 3 is 2.50 bits per heavy atom. The Morgan fingerprint density at radius 2 is 1.93 bits per heavy atom. The summed E-state index contributed by atoms with van der Waals surface area (Å²) in [7, 11) is 0. The highest BCUT2D eigenvalue weighted by Crippen LogP contribution is 2.08. The molecule has 2 N–H and O–H groups in total. The number of nitrogen functional groups attached to an aromatic ring is 1.